The number of likely N-dealkylation sites (tertiary alicyclic amines) is 1. The Balaban J connectivity index is 1.95. The topological polar surface area (TPSA) is 72.6 Å². The molecule has 1 fully saturated rings. The third-order valence-corrected chi connectivity index (χ3v) is 3.61. The van der Waals surface area contributed by atoms with E-state index in [4.69, 9.17) is 10.5 Å². The van der Waals surface area contributed by atoms with E-state index >= 15 is 0 Å². The third-order valence-electron chi connectivity index (χ3n) is 3.61. The normalized spacial score (nSPS) is 19.9. The highest BCUT2D eigenvalue weighted by Gasteiger charge is 2.30. The summed E-state index contributed by atoms with van der Waals surface area (Å²) in [6, 6.07) is 5.50. The maximum atomic E-state index is 12.8. The van der Waals surface area contributed by atoms with Gasteiger partial charge in [-0.3, -0.25) is 9.59 Å². The number of halogens is 1. The number of hydrogen-bond donors (Lipinski definition) is 1. The molecule has 1 aromatic carbocycles. The van der Waals surface area contributed by atoms with Crippen molar-refractivity contribution in [1.82, 2.24) is 4.90 Å². The number of amides is 2. The molecule has 0 spiro atoms. The van der Waals surface area contributed by atoms with Crippen molar-refractivity contribution in [3.63, 3.8) is 0 Å². The van der Waals surface area contributed by atoms with E-state index < -0.39 is 6.10 Å². The fourth-order valence-corrected chi connectivity index (χ4v) is 2.43. The van der Waals surface area contributed by atoms with Crippen molar-refractivity contribution >= 4 is 11.8 Å². The van der Waals surface area contributed by atoms with Crippen molar-refractivity contribution in [2.45, 2.75) is 25.9 Å². The van der Waals surface area contributed by atoms with Crippen LogP contribution in [-0.4, -0.2) is 35.9 Å². The molecule has 0 saturated carbocycles. The van der Waals surface area contributed by atoms with Gasteiger partial charge < -0.3 is 15.4 Å². The summed E-state index contributed by atoms with van der Waals surface area (Å²) < 4.78 is 18.3. The molecule has 2 rings (SSSR count). The van der Waals surface area contributed by atoms with Crippen LogP contribution in [0.4, 0.5) is 4.39 Å². The first kappa shape index (κ1) is 15.3. The minimum absolute atomic E-state index is 0.190. The van der Waals surface area contributed by atoms with Crippen molar-refractivity contribution in [3.05, 3.63) is 30.1 Å². The van der Waals surface area contributed by atoms with Crippen LogP contribution in [0.25, 0.3) is 0 Å². The molecule has 21 heavy (non-hydrogen) atoms. The highest BCUT2D eigenvalue weighted by atomic mass is 19.1. The van der Waals surface area contributed by atoms with E-state index in [1.807, 2.05) is 0 Å². The first-order chi connectivity index (χ1) is 9.97. The van der Waals surface area contributed by atoms with Crippen LogP contribution in [0.3, 0.4) is 0 Å². The van der Waals surface area contributed by atoms with Gasteiger partial charge in [0.1, 0.15) is 11.6 Å². The third kappa shape index (κ3) is 3.93. The fraction of sp³-hybridized carbons (Fsp3) is 0.467. The number of piperidine rings is 1. The zero-order valence-electron chi connectivity index (χ0n) is 11.9. The molecule has 2 atom stereocenters. The first-order valence-electron chi connectivity index (χ1n) is 6.97. The number of hydrogen-bond acceptors (Lipinski definition) is 3. The predicted molar refractivity (Wildman–Crippen MR) is 75.0 cm³/mol. The molecule has 0 aromatic heterocycles. The fourth-order valence-electron chi connectivity index (χ4n) is 2.43. The van der Waals surface area contributed by atoms with E-state index in [0.29, 0.717) is 25.3 Å². The van der Waals surface area contributed by atoms with Gasteiger partial charge in [0.25, 0.3) is 5.91 Å². The van der Waals surface area contributed by atoms with Gasteiger partial charge in [0, 0.05) is 13.1 Å². The molecule has 1 saturated heterocycles. The molecule has 2 amide bonds. The van der Waals surface area contributed by atoms with Gasteiger partial charge in [-0.05, 0) is 44.0 Å². The van der Waals surface area contributed by atoms with Gasteiger partial charge in [-0.1, -0.05) is 0 Å². The predicted octanol–water partition coefficient (Wildman–Crippen LogP) is 1.32. The number of carbonyl (C=O) groups excluding carboxylic acids is 2. The second kappa shape index (κ2) is 6.56. The average Bonchev–Trinajstić information content (AvgIpc) is 2.49. The van der Waals surface area contributed by atoms with Crippen molar-refractivity contribution in [3.8, 4) is 5.75 Å². The summed E-state index contributed by atoms with van der Waals surface area (Å²) in [4.78, 5) is 25.1. The van der Waals surface area contributed by atoms with E-state index in [-0.39, 0.29) is 23.5 Å². The van der Waals surface area contributed by atoms with Crippen LogP contribution in [0.1, 0.15) is 19.8 Å². The van der Waals surface area contributed by atoms with Crippen molar-refractivity contribution < 1.29 is 18.7 Å². The Morgan fingerprint density at radius 2 is 2.05 bits per heavy atom. The molecule has 0 radical (unpaired) electrons. The Morgan fingerprint density at radius 3 is 2.67 bits per heavy atom. The Hall–Kier alpha value is -2.11. The minimum Gasteiger partial charge on any atom is -0.481 e. The summed E-state index contributed by atoms with van der Waals surface area (Å²) >= 11 is 0. The SMILES string of the molecule is C[C@@H](Oc1ccc(F)cc1)C(=O)N1CCC[C@@H](C(N)=O)C1. The van der Waals surface area contributed by atoms with Gasteiger partial charge in [0.2, 0.25) is 5.91 Å². The Kier molecular flexibility index (Phi) is 4.77. The molecular weight excluding hydrogens is 275 g/mol. The molecule has 1 aliphatic heterocycles. The largest absolute Gasteiger partial charge is 0.481 e. The number of nitrogens with two attached hydrogens (primary N) is 1. The van der Waals surface area contributed by atoms with Crippen LogP contribution in [0.5, 0.6) is 5.75 Å². The van der Waals surface area contributed by atoms with Gasteiger partial charge in [0.05, 0.1) is 5.92 Å². The average molecular weight is 294 g/mol. The smallest absolute Gasteiger partial charge is 0.263 e. The van der Waals surface area contributed by atoms with E-state index in [1.165, 1.54) is 24.3 Å². The molecule has 0 unspecified atom stereocenters. The van der Waals surface area contributed by atoms with Crippen LogP contribution in [0, 0.1) is 11.7 Å². The maximum Gasteiger partial charge on any atom is 0.263 e. The molecule has 0 bridgehead atoms. The number of carbonyl (C=O) groups is 2. The molecule has 6 heteroatoms. The minimum atomic E-state index is -0.693. The van der Waals surface area contributed by atoms with Crippen molar-refractivity contribution in [2.75, 3.05) is 13.1 Å². The second-order valence-electron chi connectivity index (χ2n) is 5.24. The maximum absolute atomic E-state index is 12.8. The molecule has 1 heterocycles. The van der Waals surface area contributed by atoms with E-state index in [1.54, 1.807) is 11.8 Å². The van der Waals surface area contributed by atoms with Gasteiger partial charge in [-0.25, -0.2) is 4.39 Å². The number of primary amides is 1. The number of benzene rings is 1. The molecule has 0 aliphatic carbocycles. The van der Waals surface area contributed by atoms with Gasteiger partial charge in [-0.15, -0.1) is 0 Å². The van der Waals surface area contributed by atoms with Gasteiger partial charge in [0.15, 0.2) is 6.10 Å². The van der Waals surface area contributed by atoms with Crippen LogP contribution in [0.15, 0.2) is 24.3 Å². The van der Waals surface area contributed by atoms with Crippen LogP contribution in [0.2, 0.25) is 0 Å². The van der Waals surface area contributed by atoms with Gasteiger partial charge >= 0.3 is 0 Å². The van der Waals surface area contributed by atoms with Crippen molar-refractivity contribution in [2.24, 2.45) is 11.7 Å². The zero-order valence-corrected chi connectivity index (χ0v) is 11.9. The summed E-state index contributed by atoms with van der Waals surface area (Å²) in [5.74, 6) is -0.784. The lowest BCUT2D eigenvalue weighted by Gasteiger charge is -2.32. The summed E-state index contributed by atoms with van der Waals surface area (Å²) in [6.45, 7) is 2.57. The highest BCUT2D eigenvalue weighted by Crippen LogP contribution is 2.19. The first-order valence-corrected chi connectivity index (χ1v) is 6.97. The lowest BCUT2D eigenvalue weighted by molar-refractivity contribution is -0.141. The van der Waals surface area contributed by atoms with E-state index in [9.17, 15) is 14.0 Å². The summed E-state index contributed by atoms with van der Waals surface area (Å²) in [5.41, 5.74) is 5.30. The summed E-state index contributed by atoms with van der Waals surface area (Å²) in [5, 5.41) is 0. The zero-order chi connectivity index (χ0) is 15.4. The molecular formula is C15H19FN2O3. The van der Waals surface area contributed by atoms with E-state index in [0.717, 1.165) is 6.42 Å². The molecule has 114 valence electrons. The van der Waals surface area contributed by atoms with Crippen LogP contribution >= 0.6 is 0 Å². The molecule has 2 N–H and O–H groups in total. The van der Waals surface area contributed by atoms with Crippen molar-refractivity contribution in [1.29, 1.82) is 0 Å². The Bertz CT molecular complexity index is 518. The second-order valence-corrected chi connectivity index (χ2v) is 5.24. The Labute approximate surface area is 122 Å². The molecule has 1 aliphatic rings. The molecule has 1 aromatic rings. The van der Waals surface area contributed by atoms with Crippen LogP contribution < -0.4 is 10.5 Å². The van der Waals surface area contributed by atoms with E-state index in [2.05, 4.69) is 0 Å². The van der Waals surface area contributed by atoms with Crippen LogP contribution in [-0.2, 0) is 9.59 Å². The van der Waals surface area contributed by atoms with Gasteiger partial charge in [-0.2, -0.15) is 0 Å². The number of ether oxygens (including phenoxy) is 1. The summed E-state index contributed by atoms with van der Waals surface area (Å²) in [6.07, 6.45) is 0.775. The lowest BCUT2D eigenvalue weighted by atomic mass is 9.97. The standard InChI is InChI=1S/C15H19FN2O3/c1-10(21-13-6-4-12(16)5-7-13)15(20)18-8-2-3-11(9-18)14(17)19/h4-7,10-11H,2-3,8-9H2,1H3,(H2,17,19)/t10-,11-/m1/s1. The molecule has 5 nitrogen and oxygen atoms in total. The summed E-state index contributed by atoms with van der Waals surface area (Å²) in [7, 11) is 0. The number of nitrogens with zero attached hydrogens (tertiary/aromatic N) is 1. The quantitative estimate of drug-likeness (QED) is 0.910. The highest BCUT2D eigenvalue weighted by molar-refractivity contribution is 5.83. The lowest BCUT2D eigenvalue weighted by Crippen LogP contribution is -2.48. The number of rotatable bonds is 4. The monoisotopic (exact) mass is 294 g/mol. The Morgan fingerprint density at radius 1 is 1.38 bits per heavy atom.